The molecule has 0 bridgehead atoms. The van der Waals surface area contributed by atoms with Crippen molar-refractivity contribution >= 4 is 5.91 Å². The zero-order valence-electron chi connectivity index (χ0n) is 14.1. The van der Waals surface area contributed by atoms with Gasteiger partial charge in [-0.1, -0.05) is 0 Å². The molecule has 0 unspecified atom stereocenters. The molecule has 0 aliphatic carbocycles. The number of nitrogens with zero attached hydrogens (tertiary/aromatic N) is 5. The maximum absolute atomic E-state index is 13.1. The van der Waals surface area contributed by atoms with Crippen LogP contribution in [0.1, 0.15) is 34.8 Å². The molecule has 1 aliphatic rings. The number of aromatic nitrogens is 4. The smallest absolute Gasteiger partial charge is 0.253 e. The Morgan fingerprint density at radius 2 is 1.92 bits per heavy atom. The van der Waals surface area contributed by atoms with Gasteiger partial charge in [-0.15, -0.1) is 0 Å². The normalized spacial score (nSPS) is 17.3. The molecule has 0 saturated carbocycles. The molecule has 1 aliphatic heterocycles. The Bertz CT molecular complexity index is 895. The van der Waals surface area contributed by atoms with Crippen molar-refractivity contribution in [3.63, 3.8) is 0 Å². The number of rotatable bonds is 3. The summed E-state index contributed by atoms with van der Waals surface area (Å²) in [6.07, 6.45) is 10.4. The lowest BCUT2D eigenvalue weighted by Crippen LogP contribution is -2.39. The maximum atomic E-state index is 13.1. The van der Waals surface area contributed by atoms with Crippen molar-refractivity contribution < 1.29 is 9.18 Å². The van der Waals surface area contributed by atoms with Crippen LogP contribution in [0.15, 0.2) is 55.4 Å². The van der Waals surface area contributed by atoms with Crippen molar-refractivity contribution in [2.75, 3.05) is 13.1 Å². The van der Waals surface area contributed by atoms with Crippen LogP contribution >= 0.6 is 0 Å². The van der Waals surface area contributed by atoms with Gasteiger partial charge in [0.05, 0.1) is 5.69 Å². The van der Waals surface area contributed by atoms with Crippen LogP contribution in [0.2, 0.25) is 0 Å². The van der Waals surface area contributed by atoms with Gasteiger partial charge in [0.1, 0.15) is 12.1 Å². The predicted octanol–water partition coefficient (Wildman–Crippen LogP) is 2.82. The Kier molecular flexibility index (Phi) is 4.43. The highest BCUT2D eigenvalue weighted by Gasteiger charge is 2.28. The summed E-state index contributed by atoms with van der Waals surface area (Å²) in [4.78, 5) is 27.6. The minimum atomic E-state index is -0.345. The lowest BCUT2D eigenvalue weighted by molar-refractivity contribution is 0.0705. The van der Waals surface area contributed by atoms with Crippen molar-refractivity contribution in [3.05, 3.63) is 72.5 Å². The number of hydrogen-bond acceptors (Lipinski definition) is 4. The van der Waals surface area contributed by atoms with Gasteiger partial charge >= 0.3 is 0 Å². The molecule has 1 fully saturated rings. The molecular formula is C19H18FN5O. The van der Waals surface area contributed by atoms with Crippen molar-refractivity contribution in [2.24, 2.45) is 0 Å². The van der Waals surface area contributed by atoms with Gasteiger partial charge in [0.2, 0.25) is 0 Å². The first-order valence-electron chi connectivity index (χ1n) is 8.56. The second-order valence-electron chi connectivity index (χ2n) is 6.33. The Labute approximate surface area is 150 Å². The molecule has 7 heteroatoms. The molecule has 3 heterocycles. The van der Waals surface area contributed by atoms with Crippen molar-refractivity contribution in [1.82, 2.24) is 24.4 Å². The highest BCUT2D eigenvalue weighted by molar-refractivity contribution is 5.94. The summed E-state index contributed by atoms with van der Waals surface area (Å²) in [5.74, 6) is 0.413. The van der Waals surface area contributed by atoms with E-state index in [1.54, 1.807) is 24.9 Å². The van der Waals surface area contributed by atoms with E-state index in [2.05, 4.69) is 15.0 Å². The molecule has 0 spiro atoms. The molecule has 1 atom stereocenters. The predicted molar refractivity (Wildman–Crippen MR) is 93.4 cm³/mol. The van der Waals surface area contributed by atoms with Crippen molar-refractivity contribution in [1.29, 1.82) is 0 Å². The lowest BCUT2D eigenvalue weighted by Gasteiger charge is -2.33. The fourth-order valence-electron chi connectivity index (χ4n) is 3.37. The number of benzene rings is 1. The third-order valence-electron chi connectivity index (χ3n) is 4.64. The Morgan fingerprint density at radius 3 is 2.69 bits per heavy atom. The van der Waals surface area contributed by atoms with E-state index in [-0.39, 0.29) is 17.6 Å². The fraction of sp³-hybridized carbons (Fsp3) is 0.263. The van der Waals surface area contributed by atoms with Crippen LogP contribution in [-0.2, 0) is 0 Å². The number of hydrogen-bond donors (Lipinski definition) is 0. The average molecular weight is 351 g/mol. The zero-order valence-corrected chi connectivity index (χ0v) is 14.1. The maximum Gasteiger partial charge on any atom is 0.253 e. The van der Waals surface area contributed by atoms with Gasteiger partial charge in [-0.05, 0) is 37.1 Å². The minimum Gasteiger partial charge on any atom is -0.338 e. The first kappa shape index (κ1) is 16.4. The van der Waals surface area contributed by atoms with E-state index in [9.17, 15) is 9.18 Å². The fourth-order valence-corrected chi connectivity index (χ4v) is 3.37. The van der Waals surface area contributed by atoms with Crippen LogP contribution in [0.25, 0.3) is 5.82 Å². The third-order valence-corrected chi connectivity index (χ3v) is 4.64. The van der Waals surface area contributed by atoms with E-state index in [1.165, 1.54) is 24.3 Å². The lowest BCUT2D eigenvalue weighted by atomic mass is 9.93. The van der Waals surface area contributed by atoms with Crippen molar-refractivity contribution in [2.45, 2.75) is 18.8 Å². The second-order valence-corrected chi connectivity index (χ2v) is 6.33. The summed E-state index contributed by atoms with van der Waals surface area (Å²) < 4.78 is 14.9. The Balaban J connectivity index is 1.58. The largest absolute Gasteiger partial charge is 0.338 e. The highest BCUT2D eigenvalue weighted by atomic mass is 19.1. The minimum absolute atomic E-state index is 0.0808. The van der Waals surface area contributed by atoms with Crippen molar-refractivity contribution in [3.8, 4) is 5.82 Å². The van der Waals surface area contributed by atoms with Crippen LogP contribution in [0.3, 0.4) is 0 Å². The number of likely N-dealkylation sites (tertiary alicyclic amines) is 1. The molecule has 6 nitrogen and oxygen atoms in total. The zero-order chi connectivity index (χ0) is 17.9. The van der Waals surface area contributed by atoms with E-state index in [0.717, 1.165) is 24.4 Å². The molecule has 1 aromatic carbocycles. The van der Waals surface area contributed by atoms with Gasteiger partial charge in [-0.2, -0.15) is 0 Å². The molecule has 1 saturated heterocycles. The average Bonchev–Trinajstić information content (AvgIpc) is 3.23. The summed E-state index contributed by atoms with van der Waals surface area (Å²) in [7, 11) is 0. The van der Waals surface area contributed by atoms with E-state index < -0.39 is 0 Å². The second kappa shape index (κ2) is 7.03. The van der Waals surface area contributed by atoms with Gasteiger partial charge in [0.15, 0.2) is 5.82 Å². The number of carbonyl (C=O) groups is 1. The number of carbonyl (C=O) groups excluding carboxylic acids is 1. The number of amides is 1. The molecule has 4 rings (SSSR count). The summed E-state index contributed by atoms with van der Waals surface area (Å²) in [5.41, 5.74) is 1.36. The van der Waals surface area contributed by atoms with Gasteiger partial charge in [-0.3, -0.25) is 14.3 Å². The highest BCUT2D eigenvalue weighted by Crippen LogP contribution is 2.29. The van der Waals surface area contributed by atoms with E-state index in [4.69, 9.17) is 0 Å². The third kappa shape index (κ3) is 3.20. The van der Waals surface area contributed by atoms with Crippen LogP contribution in [-0.4, -0.2) is 43.4 Å². The Morgan fingerprint density at radius 1 is 1.12 bits per heavy atom. The Hall–Kier alpha value is -3.09. The SMILES string of the molecule is O=C(c1ccc(F)cc1)N1CCC[C@@H](c2nccnc2-n2ccnc2)C1. The summed E-state index contributed by atoms with van der Waals surface area (Å²) >= 11 is 0. The molecule has 0 N–H and O–H groups in total. The molecule has 26 heavy (non-hydrogen) atoms. The monoisotopic (exact) mass is 351 g/mol. The quantitative estimate of drug-likeness (QED) is 0.728. The summed E-state index contributed by atoms with van der Waals surface area (Å²) in [6, 6.07) is 5.68. The van der Waals surface area contributed by atoms with Gasteiger partial charge in [0, 0.05) is 49.4 Å². The molecule has 132 valence electrons. The first-order chi connectivity index (χ1) is 12.7. The molecular weight excluding hydrogens is 333 g/mol. The number of halogens is 1. The molecule has 1 amide bonds. The first-order valence-corrected chi connectivity index (χ1v) is 8.56. The van der Waals surface area contributed by atoms with Crippen LogP contribution in [0, 0.1) is 5.82 Å². The van der Waals surface area contributed by atoms with E-state index >= 15 is 0 Å². The summed E-state index contributed by atoms with van der Waals surface area (Å²) in [6.45, 7) is 1.25. The van der Waals surface area contributed by atoms with Crippen LogP contribution < -0.4 is 0 Å². The van der Waals surface area contributed by atoms with Gasteiger partial charge < -0.3 is 4.90 Å². The van der Waals surface area contributed by atoms with Gasteiger partial charge in [0.25, 0.3) is 5.91 Å². The van der Waals surface area contributed by atoms with E-state index in [1.807, 2.05) is 15.7 Å². The molecule has 2 aromatic heterocycles. The topological polar surface area (TPSA) is 63.9 Å². The van der Waals surface area contributed by atoms with Crippen LogP contribution in [0.5, 0.6) is 0 Å². The standard InChI is InChI=1S/C19H18FN5O/c20-16-5-3-14(4-6-16)19(26)24-10-1-2-15(12-24)17-18(23-8-7-22-17)25-11-9-21-13-25/h3-9,11,13,15H,1-2,10,12H2/t15-/m1/s1. The van der Waals surface area contributed by atoms with E-state index in [0.29, 0.717) is 18.7 Å². The number of piperidine rings is 1. The van der Waals surface area contributed by atoms with Crippen LogP contribution in [0.4, 0.5) is 4.39 Å². The summed E-state index contributed by atoms with van der Waals surface area (Å²) in [5, 5.41) is 0. The molecule has 3 aromatic rings. The molecule has 0 radical (unpaired) electrons. The number of imidazole rings is 1. The van der Waals surface area contributed by atoms with Gasteiger partial charge in [-0.25, -0.2) is 14.4 Å².